The molecule has 0 saturated carbocycles. The molecule has 1 aliphatic rings. The van der Waals surface area contributed by atoms with Crippen molar-refractivity contribution in [3.63, 3.8) is 0 Å². The van der Waals surface area contributed by atoms with Crippen LogP contribution in [0.15, 0.2) is 53.0 Å². The van der Waals surface area contributed by atoms with E-state index in [1.165, 1.54) is 0 Å². The minimum atomic E-state index is -0.360. The van der Waals surface area contributed by atoms with Crippen LogP contribution in [0.1, 0.15) is 6.42 Å². The highest BCUT2D eigenvalue weighted by atomic mass is 79.9. The first-order valence-electron chi connectivity index (χ1n) is 8.09. The van der Waals surface area contributed by atoms with Crippen molar-refractivity contribution in [2.45, 2.75) is 6.42 Å². The predicted octanol–water partition coefficient (Wildman–Crippen LogP) is 3.51. The van der Waals surface area contributed by atoms with Crippen LogP contribution in [0.3, 0.4) is 0 Å². The number of rotatable bonds is 4. The van der Waals surface area contributed by atoms with E-state index in [9.17, 15) is 9.59 Å². The molecule has 25 heavy (non-hydrogen) atoms. The van der Waals surface area contributed by atoms with E-state index < -0.39 is 0 Å². The van der Waals surface area contributed by atoms with Crippen molar-refractivity contribution in [1.82, 2.24) is 0 Å². The predicted molar refractivity (Wildman–Crippen MR) is 104 cm³/mol. The van der Waals surface area contributed by atoms with Gasteiger partial charge in [0.25, 0.3) is 0 Å². The largest absolute Gasteiger partial charge is 0.376 e. The summed E-state index contributed by atoms with van der Waals surface area (Å²) in [6.07, 6.45) is 0.225. The summed E-state index contributed by atoms with van der Waals surface area (Å²) < 4.78 is 0.908. The van der Waals surface area contributed by atoms with Crippen LogP contribution in [0.5, 0.6) is 0 Å². The van der Waals surface area contributed by atoms with E-state index in [0.29, 0.717) is 6.54 Å². The van der Waals surface area contributed by atoms with Crippen LogP contribution in [-0.2, 0) is 9.59 Å². The smallest absolute Gasteiger partial charge is 0.229 e. The molecular formula is C19H20BrN3O2. The molecule has 3 rings (SSSR count). The Morgan fingerprint density at radius 1 is 1.20 bits per heavy atom. The molecule has 6 heteroatoms. The summed E-state index contributed by atoms with van der Waals surface area (Å²) >= 11 is 3.42. The second kappa shape index (κ2) is 7.27. The van der Waals surface area contributed by atoms with Gasteiger partial charge in [0.1, 0.15) is 0 Å². The lowest BCUT2D eigenvalue weighted by atomic mass is 10.1. The van der Waals surface area contributed by atoms with Crippen LogP contribution in [-0.4, -0.2) is 32.5 Å². The zero-order valence-corrected chi connectivity index (χ0v) is 15.8. The summed E-state index contributed by atoms with van der Waals surface area (Å²) in [6.45, 7) is 0.394. The molecule has 1 N–H and O–H groups in total. The summed E-state index contributed by atoms with van der Waals surface area (Å²) in [5.74, 6) is -0.513. The Morgan fingerprint density at radius 2 is 1.96 bits per heavy atom. The van der Waals surface area contributed by atoms with Crippen molar-refractivity contribution >= 4 is 44.8 Å². The number of halogens is 1. The van der Waals surface area contributed by atoms with Crippen LogP contribution < -0.4 is 15.1 Å². The fourth-order valence-corrected chi connectivity index (χ4v) is 3.37. The average molecular weight is 402 g/mol. The van der Waals surface area contributed by atoms with E-state index in [1.54, 1.807) is 4.90 Å². The van der Waals surface area contributed by atoms with Gasteiger partial charge in [-0.2, -0.15) is 0 Å². The van der Waals surface area contributed by atoms with Crippen LogP contribution in [0.2, 0.25) is 0 Å². The third-order valence-corrected chi connectivity index (χ3v) is 4.75. The fourth-order valence-electron chi connectivity index (χ4n) is 2.98. The number of carbonyl (C=O) groups excluding carboxylic acids is 2. The second-order valence-electron chi connectivity index (χ2n) is 6.29. The highest BCUT2D eigenvalue weighted by molar-refractivity contribution is 9.10. The lowest BCUT2D eigenvalue weighted by Crippen LogP contribution is -2.28. The van der Waals surface area contributed by atoms with Gasteiger partial charge in [-0.05, 0) is 30.3 Å². The molecule has 0 radical (unpaired) electrons. The third-order valence-electron chi connectivity index (χ3n) is 4.26. The summed E-state index contributed by atoms with van der Waals surface area (Å²) in [5.41, 5.74) is 2.50. The molecule has 5 nitrogen and oxygen atoms in total. The molecule has 2 amide bonds. The maximum Gasteiger partial charge on any atom is 0.229 e. The van der Waals surface area contributed by atoms with Crippen LogP contribution >= 0.6 is 15.9 Å². The molecule has 130 valence electrons. The normalized spacial score (nSPS) is 16.8. The molecule has 0 aliphatic carbocycles. The van der Waals surface area contributed by atoms with E-state index >= 15 is 0 Å². The van der Waals surface area contributed by atoms with E-state index in [0.717, 1.165) is 21.5 Å². The Hall–Kier alpha value is -2.34. The van der Waals surface area contributed by atoms with E-state index in [4.69, 9.17) is 0 Å². The molecule has 1 atom stereocenters. The Kier molecular flexibility index (Phi) is 5.08. The Labute approximate surface area is 155 Å². The summed E-state index contributed by atoms with van der Waals surface area (Å²) in [4.78, 5) is 28.6. The molecular weight excluding hydrogens is 382 g/mol. The van der Waals surface area contributed by atoms with E-state index in [-0.39, 0.29) is 24.2 Å². The summed E-state index contributed by atoms with van der Waals surface area (Å²) in [5, 5.41) is 2.97. The number of nitrogens with one attached hydrogen (secondary N) is 1. The number of carbonyl (C=O) groups is 2. The standard InChI is InChI=1S/C19H20BrN3O2/c1-22(2)17-9-4-3-8-16(17)21-19(25)13-10-18(24)23(12-13)15-7-5-6-14(20)11-15/h3-9,11,13H,10,12H2,1-2H3,(H,21,25). The van der Waals surface area contributed by atoms with Crippen LogP contribution in [0.4, 0.5) is 17.1 Å². The third kappa shape index (κ3) is 3.85. The maximum atomic E-state index is 12.7. The van der Waals surface area contributed by atoms with Crippen molar-refractivity contribution in [2.24, 2.45) is 5.92 Å². The number of anilines is 3. The Balaban J connectivity index is 1.73. The lowest BCUT2D eigenvalue weighted by Gasteiger charge is -2.19. The van der Waals surface area contributed by atoms with Crippen LogP contribution in [0.25, 0.3) is 0 Å². The number of benzene rings is 2. The Bertz CT molecular complexity index is 807. The molecule has 0 spiro atoms. The molecule has 1 fully saturated rings. The van der Waals surface area contributed by atoms with Gasteiger partial charge in [0.15, 0.2) is 0 Å². The van der Waals surface area contributed by atoms with E-state index in [1.807, 2.05) is 67.5 Å². The average Bonchev–Trinajstić information content (AvgIpc) is 2.97. The van der Waals surface area contributed by atoms with Gasteiger partial charge in [-0.3, -0.25) is 9.59 Å². The minimum absolute atomic E-state index is 0.0286. The first-order valence-corrected chi connectivity index (χ1v) is 8.88. The second-order valence-corrected chi connectivity index (χ2v) is 7.20. The summed E-state index contributed by atoms with van der Waals surface area (Å²) in [7, 11) is 3.86. The molecule has 1 saturated heterocycles. The van der Waals surface area contributed by atoms with Gasteiger partial charge in [0.2, 0.25) is 11.8 Å². The zero-order valence-electron chi connectivity index (χ0n) is 14.2. The van der Waals surface area contributed by atoms with Gasteiger partial charge in [0.05, 0.1) is 17.3 Å². The van der Waals surface area contributed by atoms with Crippen molar-refractivity contribution < 1.29 is 9.59 Å². The van der Waals surface area contributed by atoms with Crippen molar-refractivity contribution in [3.05, 3.63) is 53.0 Å². The topological polar surface area (TPSA) is 52.7 Å². The molecule has 0 bridgehead atoms. The zero-order chi connectivity index (χ0) is 18.0. The molecule has 2 aromatic rings. The number of nitrogens with zero attached hydrogens (tertiary/aromatic N) is 2. The highest BCUT2D eigenvalue weighted by Crippen LogP contribution is 2.29. The van der Waals surface area contributed by atoms with Gasteiger partial charge < -0.3 is 15.1 Å². The molecule has 1 unspecified atom stereocenters. The summed E-state index contributed by atoms with van der Waals surface area (Å²) in [6, 6.07) is 15.2. The number of amides is 2. The molecule has 1 heterocycles. The van der Waals surface area contributed by atoms with Gasteiger partial charge >= 0.3 is 0 Å². The SMILES string of the molecule is CN(C)c1ccccc1NC(=O)C1CC(=O)N(c2cccc(Br)c2)C1. The molecule has 1 aliphatic heterocycles. The van der Waals surface area contributed by atoms with Gasteiger partial charge in [-0.25, -0.2) is 0 Å². The van der Waals surface area contributed by atoms with Crippen molar-refractivity contribution in [2.75, 3.05) is 35.8 Å². The van der Waals surface area contributed by atoms with Crippen LogP contribution in [0, 0.1) is 5.92 Å². The highest BCUT2D eigenvalue weighted by Gasteiger charge is 2.35. The number of para-hydroxylation sites is 2. The van der Waals surface area contributed by atoms with Crippen molar-refractivity contribution in [3.8, 4) is 0 Å². The number of hydrogen-bond donors (Lipinski definition) is 1. The molecule has 0 aromatic heterocycles. The van der Waals surface area contributed by atoms with Gasteiger partial charge in [-0.1, -0.05) is 34.1 Å². The van der Waals surface area contributed by atoms with E-state index in [2.05, 4.69) is 21.2 Å². The van der Waals surface area contributed by atoms with Gasteiger partial charge in [-0.15, -0.1) is 0 Å². The van der Waals surface area contributed by atoms with Gasteiger partial charge in [0, 0.05) is 37.2 Å². The maximum absolute atomic E-state index is 12.7. The van der Waals surface area contributed by atoms with Crippen molar-refractivity contribution in [1.29, 1.82) is 0 Å². The first-order chi connectivity index (χ1) is 12.0. The monoisotopic (exact) mass is 401 g/mol. The first kappa shape index (κ1) is 17.5. The quantitative estimate of drug-likeness (QED) is 0.852. The fraction of sp³-hybridized carbons (Fsp3) is 0.263. The number of hydrogen-bond acceptors (Lipinski definition) is 3. The Morgan fingerprint density at radius 3 is 2.68 bits per heavy atom. The lowest BCUT2D eigenvalue weighted by molar-refractivity contribution is -0.122. The minimum Gasteiger partial charge on any atom is -0.376 e. The molecule has 2 aromatic carbocycles.